The SMILES string of the molecule is COc1ccc(NC(=O)CSc2nnc(CNC(=O)c3ccc(OC)c(OC)c3)n2C)cc1. The fourth-order valence-electron chi connectivity index (χ4n) is 2.87. The summed E-state index contributed by atoms with van der Waals surface area (Å²) in [5.74, 6) is 1.99. The van der Waals surface area contributed by atoms with Crippen molar-refractivity contribution in [3.8, 4) is 17.2 Å². The molecule has 2 aromatic carbocycles. The van der Waals surface area contributed by atoms with Gasteiger partial charge in [-0.1, -0.05) is 11.8 Å². The number of nitrogens with one attached hydrogen (secondary N) is 2. The molecule has 2 N–H and O–H groups in total. The number of carbonyl (C=O) groups excluding carboxylic acids is 2. The zero-order chi connectivity index (χ0) is 23.8. The Balaban J connectivity index is 1.52. The van der Waals surface area contributed by atoms with Crippen LogP contribution >= 0.6 is 11.8 Å². The lowest BCUT2D eigenvalue weighted by Gasteiger charge is -2.10. The number of hydrogen-bond donors (Lipinski definition) is 2. The van der Waals surface area contributed by atoms with Crippen LogP contribution in [0.1, 0.15) is 16.2 Å². The smallest absolute Gasteiger partial charge is 0.251 e. The maximum atomic E-state index is 12.5. The molecular formula is C22H25N5O5S. The Bertz CT molecular complexity index is 1120. The van der Waals surface area contributed by atoms with Gasteiger partial charge >= 0.3 is 0 Å². The number of amides is 2. The molecule has 174 valence electrons. The van der Waals surface area contributed by atoms with Gasteiger partial charge in [-0.2, -0.15) is 0 Å². The summed E-state index contributed by atoms with van der Waals surface area (Å²) >= 11 is 1.25. The lowest BCUT2D eigenvalue weighted by Crippen LogP contribution is -2.24. The first-order valence-corrected chi connectivity index (χ1v) is 10.9. The molecule has 0 aliphatic carbocycles. The van der Waals surface area contributed by atoms with Crippen molar-refractivity contribution in [2.45, 2.75) is 11.7 Å². The third-order valence-corrected chi connectivity index (χ3v) is 5.70. The second kappa shape index (κ2) is 11.2. The number of carbonyl (C=O) groups is 2. The van der Waals surface area contributed by atoms with E-state index in [9.17, 15) is 9.59 Å². The second-order valence-electron chi connectivity index (χ2n) is 6.78. The maximum Gasteiger partial charge on any atom is 0.251 e. The summed E-state index contributed by atoms with van der Waals surface area (Å²) in [5.41, 5.74) is 1.11. The Labute approximate surface area is 195 Å². The summed E-state index contributed by atoms with van der Waals surface area (Å²) in [6, 6.07) is 12.0. The molecule has 1 heterocycles. The topological polar surface area (TPSA) is 117 Å². The van der Waals surface area contributed by atoms with Gasteiger partial charge in [0.2, 0.25) is 5.91 Å². The van der Waals surface area contributed by atoms with Crippen LogP contribution in [0.2, 0.25) is 0 Å². The minimum Gasteiger partial charge on any atom is -0.497 e. The molecule has 0 fully saturated rings. The van der Waals surface area contributed by atoms with Crippen LogP contribution in [0.25, 0.3) is 0 Å². The van der Waals surface area contributed by atoms with Crippen LogP contribution in [-0.4, -0.2) is 53.7 Å². The summed E-state index contributed by atoms with van der Waals surface area (Å²) in [6.07, 6.45) is 0. The van der Waals surface area contributed by atoms with Crippen molar-refractivity contribution in [2.24, 2.45) is 7.05 Å². The summed E-state index contributed by atoms with van der Waals surface area (Å²) < 4.78 is 17.3. The number of thioether (sulfide) groups is 1. The lowest BCUT2D eigenvalue weighted by atomic mass is 10.2. The molecule has 0 bridgehead atoms. The van der Waals surface area contributed by atoms with Gasteiger partial charge in [0.25, 0.3) is 5.91 Å². The van der Waals surface area contributed by atoms with E-state index in [1.807, 2.05) is 0 Å². The quantitative estimate of drug-likeness (QED) is 0.433. The molecule has 33 heavy (non-hydrogen) atoms. The van der Waals surface area contributed by atoms with E-state index in [0.717, 1.165) is 0 Å². The molecule has 11 heteroatoms. The zero-order valence-electron chi connectivity index (χ0n) is 18.7. The van der Waals surface area contributed by atoms with Crippen molar-refractivity contribution in [3.63, 3.8) is 0 Å². The number of ether oxygens (including phenoxy) is 3. The highest BCUT2D eigenvalue weighted by atomic mass is 32.2. The van der Waals surface area contributed by atoms with Crippen molar-refractivity contribution in [1.29, 1.82) is 0 Å². The molecule has 3 aromatic rings. The number of rotatable bonds is 10. The summed E-state index contributed by atoms with van der Waals surface area (Å²) in [4.78, 5) is 24.7. The molecular weight excluding hydrogens is 446 g/mol. The van der Waals surface area contributed by atoms with Crippen molar-refractivity contribution in [1.82, 2.24) is 20.1 Å². The van der Waals surface area contributed by atoms with Crippen LogP contribution in [-0.2, 0) is 18.4 Å². The van der Waals surface area contributed by atoms with E-state index in [1.165, 1.54) is 26.0 Å². The number of methoxy groups -OCH3 is 3. The predicted molar refractivity (Wildman–Crippen MR) is 124 cm³/mol. The molecule has 0 atom stereocenters. The molecule has 0 saturated heterocycles. The van der Waals surface area contributed by atoms with E-state index >= 15 is 0 Å². The maximum absolute atomic E-state index is 12.5. The zero-order valence-corrected chi connectivity index (χ0v) is 19.6. The van der Waals surface area contributed by atoms with Crippen molar-refractivity contribution < 1.29 is 23.8 Å². The first-order chi connectivity index (χ1) is 15.9. The van der Waals surface area contributed by atoms with Crippen LogP contribution < -0.4 is 24.8 Å². The molecule has 2 amide bonds. The summed E-state index contributed by atoms with van der Waals surface area (Å²) in [6.45, 7) is 0.176. The van der Waals surface area contributed by atoms with Gasteiger partial charge in [0.1, 0.15) is 5.75 Å². The van der Waals surface area contributed by atoms with Gasteiger partial charge < -0.3 is 29.4 Å². The van der Waals surface area contributed by atoms with Gasteiger partial charge in [-0.3, -0.25) is 9.59 Å². The molecule has 10 nitrogen and oxygen atoms in total. The normalized spacial score (nSPS) is 10.4. The van der Waals surface area contributed by atoms with Crippen molar-refractivity contribution in [3.05, 3.63) is 53.9 Å². The van der Waals surface area contributed by atoms with Crippen LogP contribution in [0.5, 0.6) is 17.2 Å². The highest BCUT2D eigenvalue weighted by Crippen LogP contribution is 2.27. The number of hydrogen-bond acceptors (Lipinski definition) is 8. The number of anilines is 1. The third-order valence-electron chi connectivity index (χ3n) is 4.68. The van der Waals surface area contributed by atoms with Crippen LogP contribution in [0.15, 0.2) is 47.6 Å². The monoisotopic (exact) mass is 471 g/mol. The van der Waals surface area contributed by atoms with E-state index in [-0.39, 0.29) is 24.1 Å². The fraction of sp³-hybridized carbons (Fsp3) is 0.273. The lowest BCUT2D eigenvalue weighted by molar-refractivity contribution is -0.113. The largest absolute Gasteiger partial charge is 0.497 e. The van der Waals surface area contributed by atoms with Crippen LogP contribution in [0.3, 0.4) is 0 Å². The van der Waals surface area contributed by atoms with E-state index in [1.54, 1.807) is 61.2 Å². The minimum atomic E-state index is -0.285. The molecule has 3 rings (SSSR count). The molecule has 0 unspecified atom stereocenters. The molecule has 0 spiro atoms. The minimum absolute atomic E-state index is 0.163. The molecule has 0 aliphatic rings. The third kappa shape index (κ3) is 6.16. The second-order valence-corrected chi connectivity index (χ2v) is 7.72. The van der Waals surface area contributed by atoms with E-state index in [4.69, 9.17) is 14.2 Å². The van der Waals surface area contributed by atoms with E-state index in [0.29, 0.717) is 39.5 Å². The summed E-state index contributed by atoms with van der Waals surface area (Å²) in [5, 5.41) is 14.4. The highest BCUT2D eigenvalue weighted by molar-refractivity contribution is 7.99. The highest BCUT2D eigenvalue weighted by Gasteiger charge is 2.14. The Hall–Kier alpha value is -3.73. The van der Waals surface area contributed by atoms with Gasteiger partial charge in [0.05, 0.1) is 33.6 Å². The Morgan fingerprint density at radius 3 is 2.36 bits per heavy atom. The average Bonchev–Trinajstić information content (AvgIpc) is 3.20. The first-order valence-electron chi connectivity index (χ1n) is 9.90. The van der Waals surface area contributed by atoms with Gasteiger partial charge in [-0.15, -0.1) is 10.2 Å². The number of aromatic nitrogens is 3. The molecule has 1 aromatic heterocycles. The first kappa shape index (κ1) is 23.9. The molecule has 0 aliphatic heterocycles. The van der Waals surface area contributed by atoms with Gasteiger partial charge in [0.15, 0.2) is 22.5 Å². The van der Waals surface area contributed by atoms with Crippen molar-refractivity contribution >= 4 is 29.3 Å². The predicted octanol–water partition coefficient (Wildman–Crippen LogP) is 2.50. The van der Waals surface area contributed by atoms with Crippen LogP contribution in [0, 0.1) is 0 Å². The Morgan fingerprint density at radius 1 is 0.970 bits per heavy atom. The number of nitrogens with zero attached hydrogens (tertiary/aromatic N) is 3. The van der Waals surface area contributed by atoms with Crippen molar-refractivity contribution in [2.75, 3.05) is 32.4 Å². The fourth-order valence-corrected chi connectivity index (χ4v) is 3.60. The Morgan fingerprint density at radius 2 is 1.70 bits per heavy atom. The number of benzene rings is 2. The Kier molecular flexibility index (Phi) is 8.14. The van der Waals surface area contributed by atoms with Gasteiger partial charge in [0, 0.05) is 18.3 Å². The molecule has 0 saturated carbocycles. The van der Waals surface area contributed by atoms with Gasteiger partial charge in [-0.25, -0.2) is 0 Å². The van der Waals surface area contributed by atoms with Crippen LogP contribution in [0.4, 0.5) is 5.69 Å². The average molecular weight is 472 g/mol. The van der Waals surface area contributed by atoms with E-state index < -0.39 is 0 Å². The molecule has 0 radical (unpaired) electrons. The van der Waals surface area contributed by atoms with Gasteiger partial charge in [-0.05, 0) is 42.5 Å². The standard InChI is InChI=1S/C22H25N5O5S/c1-27-19(12-23-21(29)14-5-10-17(31-3)18(11-14)32-4)25-26-22(27)33-13-20(28)24-15-6-8-16(30-2)9-7-15/h5-11H,12-13H2,1-4H3,(H,23,29)(H,24,28). The summed E-state index contributed by atoms with van der Waals surface area (Å²) in [7, 11) is 6.40. The van der Waals surface area contributed by atoms with E-state index in [2.05, 4.69) is 20.8 Å².